The molecule has 3 aromatic rings. The summed E-state index contributed by atoms with van der Waals surface area (Å²) in [5.41, 5.74) is 8.74. The molecule has 1 aliphatic carbocycles. The summed E-state index contributed by atoms with van der Waals surface area (Å²) >= 11 is 0. The zero-order valence-corrected chi connectivity index (χ0v) is 39.3. The van der Waals surface area contributed by atoms with Gasteiger partial charge in [0.15, 0.2) is 0 Å². The standard InChI is InChI=1S/C48H68N10O10/c1-33-11-17-38(18-12-33)52-46(63)40(10-6-7-19-49)54-47(64)41(27-35-8-4-3-5-9-35)53-43(60)32-68-31-42(59)50-20-22-66-24-25-67-23-21-57-30-39(55-56-57)28-51-45(62)37-15-13-36(14-16-37)29-58-44(61)26-34(2)48(58)65/h3-5,8-9,11-12,17-18,30,34,36-37,40-41H,6-7,10,13-16,19-29,31-32,49H2,1-2H3,(H,50,59)(H,51,62)(H,52,63)(H,53,60)(H,54,64)/t34?,36?,37?,40-,41-/m0/s1. The maximum atomic E-state index is 13.7. The third-order valence-electron chi connectivity index (χ3n) is 11.9. The molecule has 20 nitrogen and oxygen atoms in total. The Morgan fingerprint density at radius 1 is 0.809 bits per heavy atom. The van der Waals surface area contributed by atoms with E-state index < -0.39 is 36.4 Å². The molecule has 2 fully saturated rings. The SMILES string of the molecule is Cc1ccc(NC(=O)[C@H](CCCCN)NC(=O)[C@H](Cc2ccccc2)NC(=O)COCC(=O)NCCOCCOCCn2cc(CNC(=O)C3CCC(CN4C(=O)CC(C)C4=O)CC3)nn2)cc1. The van der Waals surface area contributed by atoms with Crippen molar-refractivity contribution in [3.05, 3.63) is 77.6 Å². The van der Waals surface area contributed by atoms with E-state index in [0.29, 0.717) is 82.9 Å². The maximum Gasteiger partial charge on any atom is 0.246 e. The molecule has 0 bridgehead atoms. The molecule has 3 atom stereocenters. The Hall–Kier alpha value is -6.09. The highest BCUT2D eigenvalue weighted by Gasteiger charge is 2.38. The Kier molecular flexibility index (Phi) is 22.0. The van der Waals surface area contributed by atoms with Crippen LogP contribution < -0.4 is 32.3 Å². The third kappa shape index (κ3) is 18.2. The van der Waals surface area contributed by atoms with Crippen molar-refractivity contribution in [2.45, 2.75) is 96.8 Å². The fraction of sp³-hybridized carbons (Fsp3) is 0.562. The van der Waals surface area contributed by atoms with Crippen molar-refractivity contribution < 1.29 is 47.8 Å². The molecule has 1 saturated carbocycles. The van der Waals surface area contributed by atoms with Crippen LogP contribution in [0.2, 0.25) is 0 Å². The van der Waals surface area contributed by atoms with Crippen molar-refractivity contribution in [1.82, 2.24) is 41.2 Å². The summed E-state index contributed by atoms with van der Waals surface area (Å²) in [5, 5.41) is 22.2. The quantitative estimate of drug-likeness (QED) is 0.0427. The topological polar surface area (TPSA) is 267 Å². The van der Waals surface area contributed by atoms with Crippen LogP contribution in [0.5, 0.6) is 0 Å². The first-order chi connectivity index (χ1) is 32.9. The van der Waals surface area contributed by atoms with Gasteiger partial charge in [-0.1, -0.05) is 60.2 Å². The van der Waals surface area contributed by atoms with Crippen LogP contribution in [0.3, 0.4) is 0 Å². The molecule has 1 aliphatic heterocycles. The van der Waals surface area contributed by atoms with Gasteiger partial charge < -0.3 is 46.5 Å². The van der Waals surface area contributed by atoms with Gasteiger partial charge in [0.05, 0.1) is 45.7 Å². The Bertz CT molecular complexity index is 2090. The van der Waals surface area contributed by atoms with Gasteiger partial charge in [-0.25, -0.2) is 4.68 Å². The number of carbonyl (C=O) groups excluding carboxylic acids is 7. The molecule has 68 heavy (non-hydrogen) atoms. The minimum atomic E-state index is -1.03. The van der Waals surface area contributed by atoms with Crippen molar-refractivity contribution in [3.8, 4) is 0 Å². The monoisotopic (exact) mass is 945 g/mol. The smallest absolute Gasteiger partial charge is 0.246 e. The van der Waals surface area contributed by atoms with E-state index in [0.717, 1.165) is 24.0 Å². The van der Waals surface area contributed by atoms with E-state index in [1.807, 2.05) is 49.4 Å². The minimum Gasteiger partial charge on any atom is -0.377 e. The number of hydrogen-bond acceptors (Lipinski definition) is 13. The molecule has 20 heteroatoms. The normalized spacial score (nSPS) is 17.9. The van der Waals surface area contributed by atoms with Gasteiger partial charge in [0.2, 0.25) is 41.4 Å². The lowest BCUT2D eigenvalue weighted by atomic mass is 9.81. The molecular formula is C48H68N10O10. The van der Waals surface area contributed by atoms with Crippen LogP contribution in [0.4, 0.5) is 5.69 Å². The predicted octanol–water partition coefficient (Wildman–Crippen LogP) is 1.55. The largest absolute Gasteiger partial charge is 0.377 e. The summed E-state index contributed by atoms with van der Waals surface area (Å²) in [5.74, 6) is -2.34. The second-order valence-corrected chi connectivity index (χ2v) is 17.4. The molecule has 1 saturated heterocycles. The fourth-order valence-corrected chi connectivity index (χ4v) is 7.98. The van der Waals surface area contributed by atoms with Crippen molar-refractivity contribution in [1.29, 1.82) is 0 Å². The van der Waals surface area contributed by atoms with E-state index in [-0.39, 0.29) is 80.5 Å². The zero-order valence-electron chi connectivity index (χ0n) is 39.3. The second kappa shape index (κ2) is 28.3. The van der Waals surface area contributed by atoms with Crippen LogP contribution in [0.25, 0.3) is 0 Å². The maximum absolute atomic E-state index is 13.7. The van der Waals surface area contributed by atoms with E-state index >= 15 is 0 Å². The lowest BCUT2D eigenvalue weighted by molar-refractivity contribution is -0.140. The fourth-order valence-electron chi connectivity index (χ4n) is 7.98. The van der Waals surface area contributed by atoms with Crippen molar-refractivity contribution in [2.24, 2.45) is 23.5 Å². The number of nitrogens with two attached hydrogens (primary N) is 1. The van der Waals surface area contributed by atoms with Crippen LogP contribution in [0, 0.1) is 24.7 Å². The van der Waals surface area contributed by atoms with Crippen LogP contribution in [-0.4, -0.2) is 133 Å². The Morgan fingerprint density at radius 3 is 2.24 bits per heavy atom. The molecule has 2 heterocycles. The van der Waals surface area contributed by atoms with E-state index in [1.54, 1.807) is 29.9 Å². The molecule has 2 aromatic carbocycles. The summed E-state index contributed by atoms with van der Waals surface area (Å²) in [6, 6.07) is 14.6. The van der Waals surface area contributed by atoms with Gasteiger partial charge in [-0.05, 0) is 82.0 Å². The van der Waals surface area contributed by atoms with Crippen LogP contribution in [0.15, 0.2) is 60.8 Å². The number of hydrogen-bond donors (Lipinski definition) is 6. The molecule has 1 unspecified atom stereocenters. The predicted molar refractivity (Wildman–Crippen MR) is 250 cm³/mol. The van der Waals surface area contributed by atoms with Crippen LogP contribution in [0.1, 0.15) is 75.1 Å². The van der Waals surface area contributed by atoms with Gasteiger partial charge >= 0.3 is 0 Å². The number of ether oxygens (including phenoxy) is 3. The number of likely N-dealkylation sites (tertiary alicyclic amines) is 1. The average Bonchev–Trinajstić information content (AvgIpc) is 3.89. The Balaban J connectivity index is 0.905. The molecule has 5 rings (SSSR count). The highest BCUT2D eigenvalue weighted by molar-refractivity contribution is 6.03. The number of benzene rings is 2. The summed E-state index contributed by atoms with van der Waals surface area (Å²) < 4.78 is 18.1. The van der Waals surface area contributed by atoms with Gasteiger partial charge in [0.25, 0.3) is 0 Å². The molecule has 0 spiro atoms. The van der Waals surface area contributed by atoms with Crippen LogP contribution in [-0.2, 0) is 67.3 Å². The van der Waals surface area contributed by atoms with E-state index in [4.69, 9.17) is 19.9 Å². The highest BCUT2D eigenvalue weighted by atomic mass is 16.5. The van der Waals surface area contributed by atoms with Crippen LogP contribution >= 0.6 is 0 Å². The summed E-state index contributed by atoms with van der Waals surface area (Å²) in [4.78, 5) is 91.0. The number of anilines is 1. The first-order valence-electron chi connectivity index (χ1n) is 23.6. The number of unbranched alkanes of at least 4 members (excludes halogenated alkanes) is 1. The molecule has 1 aromatic heterocycles. The lowest BCUT2D eigenvalue weighted by Gasteiger charge is -2.30. The molecule has 7 N–H and O–H groups in total. The number of aromatic nitrogens is 3. The second-order valence-electron chi connectivity index (χ2n) is 17.4. The summed E-state index contributed by atoms with van der Waals surface area (Å²) in [7, 11) is 0. The number of amides is 7. The summed E-state index contributed by atoms with van der Waals surface area (Å²) in [6.07, 6.45) is 6.83. The molecule has 7 amide bonds. The van der Waals surface area contributed by atoms with E-state index in [2.05, 4.69) is 36.9 Å². The molecule has 2 aliphatic rings. The van der Waals surface area contributed by atoms with Crippen molar-refractivity contribution in [2.75, 3.05) is 64.6 Å². The Labute approximate surface area is 397 Å². The first kappa shape index (κ1) is 52.9. The first-order valence-corrected chi connectivity index (χ1v) is 23.6. The molecule has 0 radical (unpaired) electrons. The van der Waals surface area contributed by atoms with Gasteiger partial charge in [0.1, 0.15) is 31.0 Å². The van der Waals surface area contributed by atoms with Gasteiger partial charge in [-0.15, -0.1) is 5.10 Å². The van der Waals surface area contributed by atoms with E-state index in [9.17, 15) is 33.6 Å². The number of aryl methyl sites for hydroxylation is 1. The summed E-state index contributed by atoms with van der Waals surface area (Å²) in [6.45, 7) is 5.86. The van der Waals surface area contributed by atoms with Crippen molar-refractivity contribution in [3.63, 3.8) is 0 Å². The number of rotatable bonds is 29. The highest BCUT2D eigenvalue weighted by Crippen LogP contribution is 2.31. The lowest BCUT2D eigenvalue weighted by Crippen LogP contribution is -2.54. The number of nitrogens with zero attached hydrogens (tertiary/aromatic N) is 4. The number of carbonyl (C=O) groups is 7. The van der Waals surface area contributed by atoms with Gasteiger partial charge in [-0.2, -0.15) is 0 Å². The van der Waals surface area contributed by atoms with Gasteiger partial charge in [0, 0.05) is 43.5 Å². The molecule has 370 valence electrons. The minimum absolute atomic E-state index is 0.0349. The average molecular weight is 945 g/mol. The van der Waals surface area contributed by atoms with Crippen molar-refractivity contribution >= 4 is 47.0 Å². The number of nitrogens with one attached hydrogen (secondary N) is 5. The van der Waals surface area contributed by atoms with E-state index in [1.165, 1.54) is 4.90 Å². The third-order valence-corrected chi connectivity index (χ3v) is 11.9. The number of imide groups is 1. The Morgan fingerprint density at radius 2 is 1.53 bits per heavy atom. The molecular weight excluding hydrogens is 877 g/mol. The zero-order chi connectivity index (χ0) is 48.7. The van der Waals surface area contributed by atoms with Gasteiger partial charge in [-0.3, -0.25) is 38.5 Å².